The molecular weight excluding hydrogens is 312 g/mol. The minimum Gasteiger partial charge on any atom is -0.282 e. The number of hydrogen-bond acceptors (Lipinski definition) is 5. The van der Waals surface area contributed by atoms with E-state index < -0.39 is 9.85 Å². The van der Waals surface area contributed by atoms with Gasteiger partial charge in [0.1, 0.15) is 0 Å². The molecular formula is C16H12N4O4. The molecule has 0 aliphatic rings. The lowest BCUT2D eigenvalue weighted by molar-refractivity contribution is -0.385. The Morgan fingerprint density at radius 1 is 0.875 bits per heavy atom. The number of hydrogen-bond donors (Lipinski definition) is 1. The van der Waals surface area contributed by atoms with E-state index in [0.29, 0.717) is 12.1 Å². The maximum atomic E-state index is 10.7. The molecule has 1 heterocycles. The maximum Gasteiger partial charge on any atom is 0.269 e. The number of nitro benzene ring substituents is 2. The van der Waals surface area contributed by atoms with E-state index >= 15 is 0 Å². The van der Waals surface area contributed by atoms with Gasteiger partial charge in [0.2, 0.25) is 0 Å². The molecule has 0 spiro atoms. The Balaban J connectivity index is 1.75. The summed E-state index contributed by atoms with van der Waals surface area (Å²) in [5.74, 6) is 0. The van der Waals surface area contributed by atoms with Gasteiger partial charge in [-0.05, 0) is 23.8 Å². The third kappa shape index (κ3) is 3.27. The van der Waals surface area contributed by atoms with Crippen molar-refractivity contribution in [3.63, 3.8) is 0 Å². The smallest absolute Gasteiger partial charge is 0.269 e. The molecule has 0 radical (unpaired) electrons. The molecule has 0 atom stereocenters. The van der Waals surface area contributed by atoms with Crippen molar-refractivity contribution >= 4 is 11.4 Å². The highest BCUT2D eigenvalue weighted by molar-refractivity contribution is 5.61. The van der Waals surface area contributed by atoms with Crippen LogP contribution in [0.1, 0.15) is 11.3 Å². The first-order valence-corrected chi connectivity index (χ1v) is 7.05. The number of rotatable bonds is 5. The third-order valence-electron chi connectivity index (χ3n) is 3.55. The van der Waals surface area contributed by atoms with Crippen molar-refractivity contribution < 1.29 is 9.85 Å². The van der Waals surface area contributed by atoms with Gasteiger partial charge in [0.25, 0.3) is 11.4 Å². The van der Waals surface area contributed by atoms with Gasteiger partial charge in [-0.2, -0.15) is 5.10 Å². The van der Waals surface area contributed by atoms with Gasteiger partial charge in [0.05, 0.1) is 15.5 Å². The van der Waals surface area contributed by atoms with Crippen LogP contribution in [0.2, 0.25) is 0 Å². The molecule has 0 saturated carbocycles. The van der Waals surface area contributed by atoms with Gasteiger partial charge in [0.15, 0.2) is 0 Å². The predicted molar refractivity (Wildman–Crippen MR) is 86.6 cm³/mol. The average Bonchev–Trinajstić information content (AvgIpc) is 3.04. The molecule has 24 heavy (non-hydrogen) atoms. The molecule has 0 fully saturated rings. The summed E-state index contributed by atoms with van der Waals surface area (Å²) in [5.41, 5.74) is 3.29. The molecule has 3 rings (SSSR count). The molecule has 0 amide bonds. The maximum absolute atomic E-state index is 10.7. The highest BCUT2D eigenvalue weighted by atomic mass is 16.6. The van der Waals surface area contributed by atoms with Crippen molar-refractivity contribution in [3.05, 3.63) is 86.1 Å². The quantitative estimate of drug-likeness (QED) is 0.570. The van der Waals surface area contributed by atoms with Crippen LogP contribution in [0.4, 0.5) is 11.4 Å². The normalized spacial score (nSPS) is 10.5. The molecule has 8 nitrogen and oxygen atoms in total. The fraction of sp³-hybridized carbons (Fsp3) is 0.0625. The van der Waals surface area contributed by atoms with Gasteiger partial charge in [0, 0.05) is 41.9 Å². The monoisotopic (exact) mass is 324 g/mol. The van der Waals surface area contributed by atoms with Crippen molar-refractivity contribution in [2.45, 2.75) is 6.42 Å². The zero-order valence-corrected chi connectivity index (χ0v) is 12.4. The van der Waals surface area contributed by atoms with E-state index in [1.54, 1.807) is 24.3 Å². The number of H-pyrrole nitrogens is 1. The molecule has 1 N–H and O–H groups in total. The second-order valence-corrected chi connectivity index (χ2v) is 5.18. The number of benzene rings is 2. The summed E-state index contributed by atoms with van der Waals surface area (Å²) in [6, 6.07) is 14.3. The molecule has 1 aromatic heterocycles. The molecule has 0 saturated heterocycles. The van der Waals surface area contributed by atoms with Gasteiger partial charge in [-0.3, -0.25) is 25.3 Å². The first-order valence-electron chi connectivity index (χ1n) is 7.05. The second kappa shape index (κ2) is 6.29. The molecule has 0 bridgehead atoms. The van der Waals surface area contributed by atoms with Gasteiger partial charge in [-0.15, -0.1) is 0 Å². The molecule has 120 valence electrons. The zero-order valence-electron chi connectivity index (χ0n) is 12.4. The summed E-state index contributed by atoms with van der Waals surface area (Å²) in [5, 5.41) is 28.4. The molecule has 8 heteroatoms. The van der Waals surface area contributed by atoms with Crippen LogP contribution in [0.3, 0.4) is 0 Å². The van der Waals surface area contributed by atoms with Gasteiger partial charge in [-0.25, -0.2) is 0 Å². The van der Waals surface area contributed by atoms with Crippen LogP contribution >= 0.6 is 0 Å². The van der Waals surface area contributed by atoms with Crippen molar-refractivity contribution in [3.8, 4) is 11.3 Å². The Kier molecular flexibility index (Phi) is 4.02. The van der Waals surface area contributed by atoms with Crippen molar-refractivity contribution in [1.82, 2.24) is 10.2 Å². The lowest BCUT2D eigenvalue weighted by atomic mass is 10.1. The van der Waals surface area contributed by atoms with E-state index in [0.717, 1.165) is 16.8 Å². The average molecular weight is 324 g/mol. The predicted octanol–water partition coefficient (Wildman–Crippen LogP) is 3.48. The van der Waals surface area contributed by atoms with Crippen molar-refractivity contribution in [2.75, 3.05) is 0 Å². The van der Waals surface area contributed by atoms with E-state index in [4.69, 9.17) is 0 Å². The summed E-state index contributed by atoms with van der Waals surface area (Å²) in [4.78, 5) is 20.4. The molecule has 0 aliphatic heterocycles. The summed E-state index contributed by atoms with van der Waals surface area (Å²) in [7, 11) is 0. The largest absolute Gasteiger partial charge is 0.282 e. The first-order chi connectivity index (χ1) is 11.5. The number of aromatic amines is 1. The van der Waals surface area contributed by atoms with Crippen LogP contribution in [0.5, 0.6) is 0 Å². The molecule has 0 unspecified atom stereocenters. The molecule has 3 aromatic rings. The Morgan fingerprint density at radius 2 is 1.42 bits per heavy atom. The van der Waals surface area contributed by atoms with Gasteiger partial charge < -0.3 is 0 Å². The minimum atomic E-state index is -0.450. The summed E-state index contributed by atoms with van der Waals surface area (Å²) < 4.78 is 0. The zero-order chi connectivity index (χ0) is 17.1. The lowest BCUT2D eigenvalue weighted by Gasteiger charge is -1.98. The highest BCUT2D eigenvalue weighted by Gasteiger charge is 2.09. The van der Waals surface area contributed by atoms with Crippen molar-refractivity contribution in [1.29, 1.82) is 0 Å². The van der Waals surface area contributed by atoms with Crippen LogP contribution in [-0.2, 0) is 6.42 Å². The molecule has 2 aromatic carbocycles. The Labute approximate surface area is 136 Å². The van der Waals surface area contributed by atoms with Gasteiger partial charge >= 0.3 is 0 Å². The SMILES string of the molecule is O=[N+]([O-])c1ccc(Cc2cc(-c3ccc([N+](=O)[O-])cc3)n[nH]2)cc1. The highest BCUT2D eigenvalue weighted by Crippen LogP contribution is 2.22. The van der Waals surface area contributed by atoms with Crippen LogP contribution in [0, 0.1) is 20.2 Å². The number of nitrogens with one attached hydrogen (secondary N) is 1. The fourth-order valence-electron chi connectivity index (χ4n) is 2.31. The van der Waals surface area contributed by atoms with E-state index in [1.165, 1.54) is 24.3 Å². The summed E-state index contributed by atoms with van der Waals surface area (Å²) in [6.07, 6.45) is 0.554. The van der Waals surface area contributed by atoms with Crippen LogP contribution in [0.25, 0.3) is 11.3 Å². The van der Waals surface area contributed by atoms with E-state index in [2.05, 4.69) is 10.2 Å². The standard InChI is InChI=1S/C16H12N4O4/c21-19(22)14-5-1-11(2-6-14)9-13-10-16(18-17-13)12-3-7-15(8-4-12)20(23)24/h1-8,10H,9H2,(H,17,18). The van der Waals surface area contributed by atoms with E-state index in [9.17, 15) is 20.2 Å². The van der Waals surface area contributed by atoms with E-state index in [1.807, 2.05) is 6.07 Å². The first kappa shape index (κ1) is 15.3. The topological polar surface area (TPSA) is 115 Å². The second-order valence-electron chi connectivity index (χ2n) is 5.18. The van der Waals surface area contributed by atoms with Crippen LogP contribution < -0.4 is 0 Å². The lowest BCUT2D eigenvalue weighted by Crippen LogP contribution is -1.91. The number of nitrogens with zero attached hydrogens (tertiary/aromatic N) is 3. The van der Waals surface area contributed by atoms with Gasteiger partial charge in [-0.1, -0.05) is 12.1 Å². The van der Waals surface area contributed by atoms with Crippen LogP contribution in [0.15, 0.2) is 54.6 Å². The minimum absolute atomic E-state index is 0.0281. The van der Waals surface area contributed by atoms with Crippen LogP contribution in [-0.4, -0.2) is 20.0 Å². The Hall–Kier alpha value is -3.55. The summed E-state index contributed by atoms with van der Waals surface area (Å²) in [6.45, 7) is 0. The summed E-state index contributed by atoms with van der Waals surface area (Å²) >= 11 is 0. The number of aromatic nitrogens is 2. The third-order valence-corrected chi connectivity index (χ3v) is 3.55. The fourth-order valence-corrected chi connectivity index (χ4v) is 2.31. The molecule has 0 aliphatic carbocycles. The van der Waals surface area contributed by atoms with E-state index in [-0.39, 0.29) is 11.4 Å². The number of nitro groups is 2. The number of non-ortho nitro benzene ring substituents is 2. The Morgan fingerprint density at radius 3 is 1.96 bits per heavy atom. The Bertz CT molecular complexity index is 885. The van der Waals surface area contributed by atoms with Crippen molar-refractivity contribution in [2.24, 2.45) is 0 Å².